The summed E-state index contributed by atoms with van der Waals surface area (Å²) in [6.45, 7) is 10.4. The van der Waals surface area contributed by atoms with Crippen molar-refractivity contribution in [3.63, 3.8) is 0 Å². The molecule has 1 aromatic rings. The molecule has 1 N–H and O–H groups in total. The molecule has 0 unspecified atom stereocenters. The molecule has 0 radical (unpaired) electrons. The SMILES string of the molecule is C=C(C)C[C@H](c1cccnc1Br)N1CCNCC1. The third kappa shape index (κ3) is 3.40. The first-order valence-electron chi connectivity index (χ1n) is 6.38. The molecule has 1 fully saturated rings. The van der Waals surface area contributed by atoms with E-state index in [-0.39, 0.29) is 0 Å². The molecule has 1 saturated heterocycles. The Kier molecular flexibility index (Phi) is 4.92. The van der Waals surface area contributed by atoms with Gasteiger partial charge in [-0.1, -0.05) is 11.6 Å². The Labute approximate surface area is 117 Å². The molecule has 0 saturated carbocycles. The van der Waals surface area contributed by atoms with Crippen LogP contribution in [0.1, 0.15) is 24.9 Å². The zero-order valence-electron chi connectivity index (χ0n) is 10.8. The highest BCUT2D eigenvalue weighted by molar-refractivity contribution is 9.10. The minimum Gasteiger partial charge on any atom is -0.314 e. The van der Waals surface area contributed by atoms with Gasteiger partial charge in [-0.3, -0.25) is 4.90 Å². The molecule has 0 bridgehead atoms. The maximum Gasteiger partial charge on any atom is 0.110 e. The Morgan fingerprint density at radius 1 is 1.56 bits per heavy atom. The first-order chi connectivity index (χ1) is 8.68. The molecule has 1 aliphatic rings. The molecule has 18 heavy (non-hydrogen) atoms. The lowest BCUT2D eigenvalue weighted by atomic mass is 9.99. The van der Waals surface area contributed by atoms with Crippen LogP contribution in [0.15, 0.2) is 35.1 Å². The second-order valence-corrected chi connectivity index (χ2v) is 5.60. The molecule has 2 rings (SSSR count). The van der Waals surface area contributed by atoms with Gasteiger partial charge in [0.25, 0.3) is 0 Å². The summed E-state index contributed by atoms with van der Waals surface area (Å²) in [4.78, 5) is 6.87. The average Bonchev–Trinajstić information content (AvgIpc) is 2.38. The van der Waals surface area contributed by atoms with E-state index in [0.29, 0.717) is 6.04 Å². The van der Waals surface area contributed by atoms with Gasteiger partial charge in [0.15, 0.2) is 0 Å². The molecule has 3 nitrogen and oxygen atoms in total. The number of pyridine rings is 1. The zero-order valence-corrected chi connectivity index (χ0v) is 12.4. The maximum absolute atomic E-state index is 4.35. The first kappa shape index (κ1) is 13.7. The van der Waals surface area contributed by atoms with Crippen molar-refractivity contribution in [1.82, 2.24) is 15.2 Å². The normalized spacial score (nSPS) is 18.6. The fraction of sp³-hybridized carbons (Fsp3) is 0.500. The van der Waals surface area contributed by atoms with E-state index in [0.717, 1.165) is 37.2 Å². The molecule has 4 heteroatoms. The van der Waals surface area contributed by atoms with Crippen molar-refractivity contribution in [3.8, 4) is 0 Å². The molecule has 1 aliphatic heterocycles. The summed E-state index contributed by atoms with van der Waals surface area (Å²) in [6, 6.07) is 4.55. The van der Waals surface area contributed by atoms with Crippen molar-refractivity contribution in [2.24, 2.45) is 0 Å². The summed E-state index contributed by atoms with van der Waals surface area (Å²) < 4.78 is 0.954. The standard InChI is InChI=1S/C14H20BrN3/c1-11(2)10-13(18-8-6-16-7-9-18)12-4-3-5-17-14(12)15/h3-5,13,16H,1,6-10H2,2H3/t13-/m1/s1. The van der Waals surface area contributed by atoms with E-state index < -0.39 is 0 Å². The highest BCUT2D eigenvalue weighted by Gasteiger charge is 2.23. The molecular formula is C14H20BrN3. The average molecular weight is 310 g/mol. The van der Waals surface area contributed by atoms with Gasteiger partial charge in [-0.2, -0.15) is 0 Å². The van der Waals surface area contributed by atoms with Crippen molar-refractivity contribution in [2.45, 2.75) is 19.4 Å². The van der Waals surface area contributed by atoms with E-state index in [4.69, 9.17) is 0 Å². The number of halogens is 1. The van der Waals surface area contributed by atoms with Crippen molar-refractivity contribution in [1.29, 1.82) is 0 Å². The minimum atomic E-state index is 0.382. The van der Waals surface area contributed by atoms with Gasteiger partial charge in [-0.25, -0.2) is 4.98 Å². The summed E-state index contributed by atoms with van der Waals surface area (Å²) in [5.74, 6) is 0. The molecule has 98 valence electrons. The van der Waals surface area contributed by atoms with Crippen LogP contribution in [0.4, 0.5) is 0 Å². The zero-order chi connectivity index (χ0) is 13.0. The molecule has 2 heterocycles. The summed E-state index contributed by atoms with van der Waals surface area (Å²) in [6.07, 6.45) is 2.81. The van der Waals surface area contributed by atoms with E-state index in [1.807, 2.05) is 12.3 Å². The third-order valence-electron chi connectivity index (χ3n) is 3.28. The largest absolute Gasteiger partial charge is 0.314 e. The molecule has 0 spiro atoms. The predicted octanol–water partition coefficient (Wildman–Crippen LogP) is 2.76. The van der Waals surface area contributed by atoms with Crippen LogP contribution in [0.3, 0.4) is 0 Å². The highest BCUT2D eigenvalue weighted by Crippen LogP contribution is 2.31. The number of aromatic nitrogens is 1. The van der Waals surface area contributed by atoms with E-state index in [1.165, 1.54) is 11.1 Å². The van der Waals surface area contributed by atoms with E-state index in [2.05, 4.69) is 50.7 Å². The molecule has 0 aliphatic carbocycles. The highest BCUT2D eigenvalue weighted by atomic mass is 79.9. The Bertz CT molecular complexity index is 413. The second-order valence-electron chi connectivity index (χ2n) is 4.85. The Morgan fingerprint density at radius 3 is 2.89 bits per heavy atom. The quantitative estimate of drug-likeness (QED) is 0.685. The van der Waals surface area contributed by atoms with Crippen LogP contribution < -0.4 is 5.32 Å². The number of rotatable bonds is 4. The van der Waals surface area contributed by atoms with Gasteiger partial charge in [-0.05, 0) is 35.3 Å². The molecule has 1 aromatic heterocycles. The van der Waals surface area contributed by atoms with Crippen LogP contribution in [0.25, 0.3) is 0 Å². The predicted molar refractivity (Wildman–Crippen MR) is 78.6 cm³/mol. The van der Waals surface area contributed by atoms with Crippen LogP contribution in [-0.4, -0.2) is 36.1 Å². The topological polar surface area (TPSA) is 28.2 Å². The number of nitrogens with one attached hydrogen (secondary N) is 1. The summed E-state index contributed by atoms with van der Waals surface area (Å²) in [5.41, 5.74) is 2.48. The lowest BCUT2D eigenvalue weighted by Crippen LogP contribution is -2.45. The fourth-order valence-corrected chi connectivity index (χ4v) is 2.92. The second kappa shape index (κ2) is 6.45. The molecule has 0 aromatic carbocycles. The van der Waals surface area contributed by atoms with Gasteiger partial charge in [0.2, 0.25) is 0 Å². The number of hydrogen-bond donors (Lipinski definition) is 1. The molecule has 1 atom stereocenters. The lowest BCUT2D eigenvalue weighted by molar-refractivity contribution is 0.171. The summed E-state index contributed by atoms with van der Waals surface area (Å²) in [7, 11) is 0. The number of piperazine rings is 1. The third-order valence-corrected chi connectivity index (χ3v) is 3.94. The van der Waals surface area contributed by atoms with Gasteiger partial charge in [0, 0.05) is 44.0 Å². The van der Waals surface area contributed by atoms with E-state index in [1.54, 1.807) is 0 Å². The monoisotopic (exact) mass is 309 g/mol. The minimum absolute atomic E-state index is 0.382. The van der Waals surface area contributed by atoms with Crippen LogP contribution in [-0.2, 0) is 0 Å². The van der Waals surface area contributed by atoms with Gasteiger partial charge in [0.05, 0.1) is 0 Å². The van der Waals surface area contributed by atoms with Crippen LogP contribution >= 0.6 is 15.9 Å². The van der Waals surface area contributed by atoms with Gasteiger partial charge in [0.1, 0.15) is 4.60 Å². The molecular weight excluding hydrogens is 290 g/mol. The first-order valence-corrected chi connectivity index (χ1v) is 7.17. The Hall–Kier alpha value is -0.710. The number of hydrogen-bond acceptors (Lipinski definition) is 3. The van der Waals surface area contributed by atoms with Gasteiger partial charge >= 0.3 is 0 Å². The van der Waals surface area contributed by atoms with Crippen LogP contribution in [0.5, 0.6) is 0 Å². The van der Waals surface area contributed by atoms with Crippen molar-refractivity contribution in [2.75, 3.05) is 26.2 Å². The maximum atomic E-state index is 4.35. The van der Waals surface area contributed by atoms with Crippen LogP contribution in [0.2, 0.25) is 0 Å². The van der Waals surface area contributed by atoms with E-state index in [9.17, 15) is 0 Å². The summed E-state index contributed by atoms with van der Waals surface area (Å²) in [5, 5.41) is 3.40. The molecule has 0 amide bonds. The lowest BCUT2D eigenvalue weighted by Gasteiger charge is -2.35. The van der Waals surface area contributed by atoms with Crippen molar-refractivity contribution < 1.29 is 0 Å². The Morgan fingerprint density at radius 2 is 2.28 bits per heavy atom. The van der Waals surface area contributed by atoms with E-state index >= 15 is 0 Å². The van der Waals surface area contributed by atoms with Gasteiger partial charge in [-0.15, -0.1) is 6.58 Å². The van der Waals surface area contributed by atoms with Gasteiger partial charge < -0.3 is 5.32 Å². The fourth-order valence-electron chi connectivity index (χ4n) is 2.41. The van der Waals surface area contributed by atoms with Crippen molar-refractivity contribution >= 4 is 15.9 Å². The Balaban J connectivity index is 2.24. The van der Waals surface area contributed by atoms with Crippen molar-refractivity contribution in [3.05, 3.63) is 40.6 Å². The number of nitrogens with zero attached hydrogens (tertiary/aromatic N) is 2. The summed E-state index contributed by atoms with van der Waals surface area (Å²) >= 11 is 3.57. The van der Waals surface area contributed by atoms with Crippen LogP contribution in [0, 0.1) is 0 Å². The smallest absolute Gasteiger partial charge is 0.110 e.